The average Bonchev–Trinajstić information content (AvgIpc) is 2.39. The number of anilines is 2. The Morgan fingerprint density at radius 2 is 1.90 bits per heavy atom. The van der Waals surface area contributed by atoms with E-state index in [1.165, 1.54) is 12.1 Å². The standard InChI is InChI=1S/C14H16N2O3S/c1-19-10-11-4-2-6-13(8-11)16-20(17,18)14-7-3-5-12(15)9-14/h2-9,16H,10,15H2,1H3. The fourth-order valence-electron chi connectivity index (χ4n) is 1.79. The van der Waals surface area contributed by atoms with E-state index in [-0.39, 0.29) is 4.90 Å². The maximum Gasteiger partial charge on any atom is 0.261 e. The van der Waals surface area contributed by atoms with Gasteiger partial charge in [0.15, 0.2) is 0 Å². The van der Waals surface area contributed by atoms with Crippen LogP contribution in [0.5, 0.6) is 0 Å². The molecule has 0 fully saturated rings. The van der Waals surface area contributed by atoms with E-state index in [9.17, 15) is 8.42 Å². The van der Waals surface area contributed by atoms with Gasteiger partial charge in [-0.2, -0.15) is 0 Å². The van der Waals surface area contributed by atoms with Crippen LogP contribution in [0.25, 0.3) is 0 Å². The quantitative estimate of drug-likeness (QED) is 0.828. The van der Waals surface area contributed by atoms with Crippen molar-refractivity contribution < 1.29 is 13.2 Å². The van der Waals surface area contributed by atoms with Crippen molar-refractivity contribution in [3.05, 3.63) is 54.1 Å². The smallest absolute Gasteiger partial charge is 0.261 e. The molecule has 2 rings (SSSR count). The van der Waals surface area contributed by atoms with Crippen LogP contribution in [0.2, 0.25) is 0 Å². The molecule has 0 aliphatic heterocycles. The number of nitrogens with one attached hydrogen (secondary N) is 1. The summed E-state index contributed by atoms with van der Waals surface area (Å²) in [5, 5.41) is 0. The molecule has 0 amide bonds. The highest BCUT2D eigenvalue weighted by molar-refractivity contribution is 7.92. The van der Waals surface area contributed by atoms with E-state index in [2.05, 4.69) is 4.72 Å². The zero-order chi connectivity index (χ0) is 14.6. The molecule has 6 heteroatoms. The molecule has 20 heavy (non-hydrogen) atoms. The number of nitrogen functional groups attached to an aromatic ring is 1. The largest absolute Gasteiger partial charge is 0.399 e. The van der Waals surface area contributed by atoms with Crippen LogP contribution in [0.4, 0.5) is 11.4 Å². The Labute approximate surface area is 118 Å². The molecule has 0 aliphatic rings. The van der Waals surface area contributed by atoms with Crippen molar-refractivity contribution in [3.63, 3.8) is 0 Å². The van der Waals surface area contributed by atoms with Gasteiger partial charge in [-0.15, -0.1) is 0 Å². The van der Waals surface area contributed by atoms with Crippen molar-refractivity contribution >= 4 is 21.4 Å². The highest BCUT2D eigenvalue weighted by Gasteiger charge is 2.14. The lowest BCUT2D eigenvalue weighted by Crippen LogP contribution is -2.13. The summed E-state index contributed by atoms with van der Waals surface area (Å²) in [6.45, 7) is 0.424. The van der Waals surface area contributed by atoms with Crippen LogP contribution in [0, 0.1) is 0 Å². The summed E-state index contributed by atoms with van der Waals surface area (Å²) in [6, 6.07) is 13.2. The van der Waals surface area contributed by atoms with Gasteiger partial charge in [0.25, 0.3) is 10.0 Å². The summed E-state index contributed by atoms with van der Waals surface area (Å²) in [5.41, 5.74) is 7.38. The van der Waals surface area contributed by atoms with Gasteiger partial charge >= 0.3 is 0 Å². The van der Waals surface area contributed by atoms with Crippen LogP contribution >= 0.6 is 0 Å². The number of hydrogen-bond acceptors (Lipinski definition) is 4. The Morgan fingerprint density at radius 3 is 2.60 bits per heavy atom. The number of hydrogen-bond donors (Lipinski definition) is 2. The van der Waals surface area contributed by atoms with Gasteiger partial charge in [-0.1, -0.05) is 18.2 Å². The van der Waals surface area contributed by atoms with E-state index in [1.807, 2.05) is 6.07 Å². The Balaban J connectivity index is 2.26. The van der Waals surface area contributed by atoms with E-state index in [4.69, 9.17) is 10.5 Å². The van der Waals surface area contributed by atoms with E-state index >= 15 is 0 Å². The number of methoxy groups -OCH3 is 1. The first kappa shape index (κ1) is 14.4. The van der Waals surface area contributed by atoms with Crippen LogP contribution < -0.4 is 10.5 Å². The first-order valence-corrected chi connectivity index (χ1v) is 7.46. The Kier molecular flexibility index (Phi) is 4.26. The Morgan fingerprint density at radius 1 is 1.15 bits per heavy atom. The van der Waals surface area contributed by atoms with Gasteiger partial charge in [0.1, 0.15) is 0 Å². The van der Waals surface area contributed by atoms with Crippen molar-refractivity contribution in [3.8, 4) is 0 Å². The molecule has 0 spiro atoms. The Hall–Kier alpha value is -2.05. The Bertz CT molecular complexity index is 699. The first-order valence-electron chi connectivity index (χ1n) is 5.97. The SMILES string of the molecule is COCc1cccc(NS(=O)(=O)c2cccc(N)c2)c1. The van der Waals surface area contributed by atoms with Gasteiger partial charge in [0.05, 0.1) is 11.5 Å². The molecule has 2 aromatic carbocycles. The lowest BCUT2D eigenvalue weighted by atomic mass is 10.2. The fourth-order valence-corrected chi connectivity index (χ4v) is 2.89. The van der Waals surface area contributed by atoms with Gasteiger partial charge in [-0.05, 0) is 35.9 Å². The van der Waals surface area contributed by atoms with E-state index < -0.39 is 10.0 Å². The molecule has 0 saturated heterocycles. The van der Waals surface area contributed by atoms with E-state index in [0.717, 1.165) is 5.56 Å². The van der Waals surface area contributed by atoms with Crippen LogP contribution in [0.3, 0.4) is 0 Å². The van der Waals surface area contributed by atoms with Crippen molar-refractivity contribution in [1.29, 1.82) is 0 Å². The molecule has 2 aromatic rings. The van der Waals surface area contributed by atoms with E-state index in [0.29, 0.717) is 18.0 Å². The number of rotatable bonds is 5. The minimum absolute atomic E-state index is 0.134. The third-order valence-electron chi connectivity index (χ3n) is 2.66. The monoisotopic (exact) mass is 292 g/mol. The lowest BCUT2D eigenvalue weighted by Gasteiger charge is -2.09. The summed E-state index contributed by atoms with van der Waals surface area (Å²) < 4.78 is 32.0. The van der Waals surface area contributed by atoms with Crippen molar-refractivity contribution in [2.75, 3.05) is 17.6 Å². The van der Waals surface area contributed by atoms with Crippen LogP contribution in [-0.2, 0) is 21.4 Å². The maximum absolute atomic E-state index is 12.2. The van der Waals surface area contributed by atoms with Gasteiger partial charge in [0, 0.05) is 18.5 Å². The summed E-state index contributed by atoms with van der Waals surface area (Å²) in [6.07, 6.45) is 0. The zero-order valence-electron chi connectivity index (χ0n) is 11.0. The predicted octanol–water partition coefficient (Wildman–Crippen LogP) is 2.22. The molecule has 0 aliphatic carbocycles. The molecule has 0 aromatic heterocycles. The van der Waals surface area contributed by atoms with Crippen LogP contribution in [0.1, 0.15) is 5.56 Å². The molecule has 0 saturated carbocycles. The predicted molar refractivity (Wildman–Crippen MR) is 78.8 cm³/mol. The molecule has 0 unspecified atom stereocenters. The number of nitrogens with two attached hydrogens (primary N) is 1. The number of ether oxygens (including phenoxy) is 1. The van der Waals surface area contributed by atoms with Crippen LogP contribution in [0.15, 0.2) is 53.4 Å². The normalized spacial score (nSPS) is 11.2. The van der Waals surface area contributed by atoms with Crippen molar-refractivity contribution in [2.45, 2.75) is 11.5 Å². The van der Waals surface area contributed by atoms with Gasteiger partial charge < -0.3 is 10.5 Å². The number of sulfonamides is 1. The molecule has 106 valence electrons. The number of benzene rings is 2. The molecule has 0 heterocycles. The van der Waals surface area contributed by atoms with Gasteiger partial charge in [-0.3, -0.25) is 4.72 Å². The van der Waals surface area contributed by atoms with Crippen molar-refractivity contribution in [1.82, 2.24) is 0 Å². The summed E-state index contributed by atoms with van der Waals surface area (Å²) >= 11 is 0. The highest BCUT2D eigenvalue weighted by atomic mass is 32.2. The van der Waals surface area contributed by atoms with Crippen LogP contribution in [-0.4, -0.2) is 15.5 Å². The molecule has 0 radical (unpaired) electrons. The second-order valence-electron chi connectivity index (χ2n) is 4.31. The summed E-state index contributed by atoms with van der Waals surface area (Å²) in [7, 11) is -2.05. The minimum atomic E-state index is -3.64. The highest BCUT2D eigenvalue weighted by Crippen LogP contribution is 2.19. The second kappa shape index (κ2) is 5.94. The minimum Gasteiger partial charge on any atom is -0.399 e. The van der Waals surface area contributed by atoms with E-state index in [1.54, 1.807) is 37.4 Å². The summed E-state index contributed by atoms with van der Waals surface area (Å²) in [4.78, 5) is 0.134. The molecular weight excluding hydrogens is 276 g/mol. The topological polar surface area (TPSA) is 81.4 Å². The summed E-state index contributed by atoms with van der Waals surface area (Å²) in [5.74, 6) is 0. The fraction of sp³-hybridized carbons (Fsp3) is 0.143. The third kappa shape index (κ3) is 3.49. The molecule has 3 N–H and O–H groups in total. The third-order valence-corrected chi connectivity index (χ3v) is 4.04. The van der Waals surface area contributed by atoms with Crippen molar-refractivity contribution in [2.24, 2.45) is 0 Å². The lowest BCUT2D eigenvalue weighted by molar-refractivity contribution is 0.185. The van der Waals surface area contributed by atoms with Gasteiger partial charge in [-0.25, -0.2) is 8.42 Å². The molecular formula is C14H16N2O3S. The molecule has 0 atom stereocenters. The molecule has 5 nitrogen and oxygen atoms in total. The molecule has 0 bridgehead atoms. The second-order valence-corrected chi connectivity index (χ2v) is 5.99. The van der Waals surface area contributed by atoms with Gasteiger partial charge in [0.2, 0.25) is 0 Å². The zero-order valence-corrected chi connectivity index (χ0v) is 11.9. The average molecular weight is 292 g/mol. The first-order chi connectivity index (χ1) is 9.51. The maximum atomic E-state index is 12.2.